The Labute approximate surface area is 270 Å². The zero-order valence-electron chi connectivity index (χ0n) is 26.3. The average Bonchev–Trinajstić information content (AvgIpc) is 3.12. The number of para-hydroxylation sites is 2. The predicted octanol–water partition coefficient (Wildman–Crippen LogP) is 5.98. The summed E-state index contributed by atoms with van der Waals surface area (Å²) in [6, 6.07) is 33.6. The summed E-state index contributed by atoms with van der Waals surface area (Å²) in [5, 5.41) is 5.91. The van der Waals surface area contributed by atoms with Crippen LogP contribution in [0, 0.1) is 11.8 Å². The van der Waals surface area contributed by atoms with E-state index in [0.29, 0.717) is 61.3 Å². The molecule has 4 aromatic rings. The van der Waals surface area contributed by atoms with E-state index in [1.807, 2.05) is 72.8 Å². The van der Waals surface area contributed by atoms with E-state index in [2.05, 4.69) is 10.6 Å². The van der Waals surface area contributed by atoms with Gasteiger partial charge in [0.15, 0.2) is 0 Å². The van der Waals surface area contributed by atoms with Gasteiger partial charge in [-0.25, -0.2) is 0 Å². The minimum Gasteiger partial charge on any atom is -0.348 e. The van der Waals surface area contributed by atoms with E-state index in [0.717, 1.165) is 11.1 Å². The Bertz CT molecular complexity index is 1540. The van der Waals surface area contributed by atoms with Gasteiger partial charge in [-0.2, -0.15) is 0 Å². The van der Waals surface area contributed by atoms with Gasteiger partial charge in [0.2, 0.25) is 11.8 Å². The fourth-order valence-electron chi connectivity index (χ4n) is 6.04. The Morgan fingerprint density at radius 2 is 0.848 bits per heavy atom. The third-order valence-electron chi connectivity index (χ3n) is 8.70. The van der Waals surface area contributed by atoms with Crippen molar-refractivity contribution in [1.82, 2.24) is 10.6 Å². The number of hydrogen-bond donors (Lipinski definition) is 2. The van der Waals surface area contributed by atoms with Crippen LogP contribution in [0.2, 0.25) is 0 Å². The summed E-state index contributed by atoms with van der Waals surface area (Å²) in [5.74, 6) is -1.13. The molecule has 0 atom stereocenters. The summed E-state index contributed by atoms with van der Waals surface area (Å²) >= 11 is 0. The van der Waals surface area contributed by atoms with Gasteiger partial charge in [-0.3, -0.25) is 19.2 Å². The highest BCUT2D eigenvalue weighted by Crippen LogP contribution is 2.34. The van der Waals surface area contributed by atoms with Crippen LogP contribution in [0.25, 0.3) is 0 Å². The molecule has 0 radical (unpaired) electrons. The predicted molar refractivity (Wildman–Crippen MR) is 180 cm³/mol. The fraction of sp³-hybridized carbons (Fsp3) is 0.263. The summed E-state index contributed by atoms with van der Waals surface area (Å²) < 4.78 is 0. The highest BCUT2D eigenvalue weighted by atomic mass is 16.2. The molecule has 0 saturated heterocycles. The van der Waals surface area contributed by atoms with Gasteiger partial charge in [0.25, 0.3) is 11.8 Å². The molecule has 0 spiro atoms. The van der Waals surface area contributed by atoms with E-state index < -0.39 is 0 Å². The van der Waals surface area contributed by atoms with Crippen LogP contribution in [-0.4, -0.2) is 37.7 Å². The molecule has 8 nitrogen and oxygen atoms in total. The fourth-order valence-corrected chi connectivity index (χ4v) is 6.04. The average molecular weight is 617 g/mol. The van der Waals surface area contributed by atoms with E-state index >= 15 is 0 Å². The van der Waals surface area contributed by atoms with Gasteiger partial charge < -0.3 is 20.4 Å². The van der Waals surface area contributed by atoms with Crippen LogP contribution in [0.5, 0.6) is 0 Å². The van der Waals surface area contributed by atoms with Crippen LogP contribution in [0.4, 0.5) is 11.4 Å². The van der Waals surface area contributed by atoms with Crippen molar-refractivity contribution in [1.29, 1.82) is 0 Å². The van der Waals surface area contributed by atoms with E-state index in [4.69, 9.17) is 0 Å². The van der Waals surface area contributed by atoms with Crippen LogP contribution < -0.4 is 20.4 Å². The molecule has 1 aliphatic carbocycles. The topological polar surface area (TPSA) is 98.8 Å². The molecule has 0 unspecified atom stereocenters. The molecular formula is C38H40N4O4. The molecule has 4 aromatic carbocycles. The monoisotopic (exact) mass is 616 g/mol. The third-order valence-corrected chi connectivity index (χ3v) is 8.70. The van der Waals surface area contributed by atoms with Crippen LogP contribution in [0.1, 0.15) is 57.5 Å². The Balaban J connectivity index is 1.18. The molecule has 4 amide bonds. The first-order chi connectivity index (χ1) is 22.3. The van der Waals surface area contributed by atoms with Gasteiger partial charge in [0.05, 0.1) is 22.5 Å². The van der Waals surface area contributed by atoms with Crippen molar-refractivity contribution in [2.45, 2.75) is 38.8 Å². The Morgan fingerprint density at radius 1 is 0.522 bits per heavy atom. The molecule has 1 saturated carbocycles. The smallest absolute Gasteiger partial charge is 0.253 e. The number of carbonyl (C=O) groups is 4. The molecule has 0 bridgehead atoms. The lowest BCUT2D eigenvalue weighted by molar-refractivity contribution is -0.127. The standard InChI is InChI=1S/C38H40N4O4/c1-41(33-19-11-9-17-31(33)35(43)39-25-27-13-5-3-6-14-27)37(45)29-21-23-30(24-22-29)38(46)42(2)34-20-12-10-18-32(34)36(44)40-26-28-15-7-4-8-16-28/h3-20,29-30H,21-26H2,1-2H3,(H,39,43)(H,40,44). The molecular weight excluding hydrogens is 576 g/mol. The molecule has 1 fully saturated rings. The maximum Gasteiger partial charge on any atom is 0.253 e. The lowest BCUT2D eigenvalue weighted by Gasteiger charge is -2.32. The number of nitrogens with one attached hydrogen (secondary N) is 2. The maximum absolute atomic E-state index is 13.6. The molecule has 0 aromatic heterocycles. The molecule has 8 heteroatoms. The lowest BCUT2D eigenvalue weighted by Crippen LogP contribution is -2.40. The highest BCUT2D eigenvalue weighted by Gasteiger charge is 2.34. The summed E-state index contributed by atoms with van der Waals surface area (Å²) in [5.41, 5.74) is 3.96. The van der Waals surface area contributed by atoms with Gasteiger partial charge in [-0.05, 0) is 61.1 Å². The summed E-state index contributed by atoms with van der Waals surface area (Å²) in [4.78, 5) is 56.6. The second-order valence-electron chi connectivity index (χ2n) is 11.7. The normalized spacial score (nSPS) is 15.8. The van der Waals surface area contributed by atoms with Crippen LogP contribution in [-0.2, 0) is 22.7 Å². The summed E-state index contributed by atoms with van der Waals surface area (Å²) in [6.07, 6.45) is 2.26. The minimum atomic E-state index is -0.254. The maximum atomic E-state index is 13.6. The molecule has 236 valence electrons. The van der Waals surface area contributed by atoms with Crippen molar-refractivity contribution in [2.75, 3.05) is 23.9 Å². The van der Waals surface area contributed by atoms with Gasteiger partial charge in [0.1, 0.15) is 0 Å². The third kappa shape index (κ3) is 7.69. The molecule has 2 N–H and O–H groups in total. The zero-order chi connectivity index (χ0) is 32.5. The number of benzene rings is 4. The first-order valence-electron chi connectivity index (χ1n) is 15.7. The number of nitrogens with zero attached hydrogens (tertiary/aromatic N) is 2. The van der Waals surface area contributed by atoms with Gasteiger partial charge >= 0.3 is 0 Å². The van der Waals surface area contributed by atoms with Crippen molar-refractivity contribution >= 4 is 35.0 Å². The number of hydrogen-bond acceptors (Lipinski definition) is 4. The van der Waals surface area contributed by atoms with Crippen molar-refractivity contribution in [3.63, 3.8) is 0 Å². The number of anilines is 2. The van der Waals surface area contributed by atoms with Crippen LogP contribution in [0.3, 0.4) is 0 Å². The number of carbonyl (C=O) groups excluding carboxylic acids is 4. The second kappa shape index (κ2) is 15.2. The quantitative estimate of drug-likeness (QED) is 0.229. The van der Waals surface area contributed by atoms with Gasteiger partial charge in [-0.15, -0.1) is 0 Å². The molecule has 0 heterocycles. The van der Waals surface area contributed by atoms with Crippen molar-refractivity contribution < 1.29 is 19.2 Å². The molecule has 46 heavy (non-hydrogen) atoms. The van der Waals surface area contributed by atoms with Crippen LogP contribution in [0.15, 0.2) is 109 Å². The zero-order valence-corrected chi connectivity index (χ0v) is 26.3. The number of rotatable bonds is 10. The van der Waals surface area contributed by atoms with Crippen molar-refractivity contribution in [3.8, 4) is 0 Å². The van der Waals surface area contributed by atoms with Crippen molar-refractivity contribution in [3.05, 3.63) is 131 Å². The molecule has 5 rings (SSSR count). The van der Waals surface area contributed by atoms with Crippen molar-refractivity contribution in [2.24, 2.45) is 11.8 Å². The van der Waals surface area contributed by atoms with Gasteiger partial charge in [-0.1, -0.05) is 84.9 Å². The Hall–Kier alpha value is -5.24. The van der Waals surface area contributed by atoms with E-state index in [1.54, 1.807) is 60.3 Å². The largest absolute Gasteiger partial charge is 0.348 e. The Morgan fingerprint density at radius 3 is 1.22 bits per heavy atom. The van der Waals surface area contributed by atoms with Crippen LogP contribution >= 0.6 is 0 Å². The van der Waals surface area contributed by atoms with E-state index in [9.17, 15) is 19.2 Å². The molecule has 0 aliphatic heterocycles. The first kappa shape index (κ1) is 32.2. The first-order valence-corrected chi connectivity index (χ1v) is 15.7. The summed E-state index contributed by atoms with van der Waals surface area (Å²) in [7, 11) is 3.41. The van der Waals surface area contributed by atoms with E-state index in [1.165, 1.54) is 0 Å². The van der Waals surface area contributed by atoms with Gasteiger partial charge in [0, 0.05) is 39.0 Å². The second-order valence-corrected chi connectivity index (χ2v) is 11.7. The summed E-state index contributed by atoms with van der Waals surface area (Å²) in [6.45, 7) is 0.780. The highest BCUT2D eigenvalue weighted by molar-refractivity contribution is 6.06. The SMILES string of the molecule is CN(C(=O)C1CCC(C(=O)N(C)c2ccccc2C(=O)NCc2ccccc2)CC1)c1ccccc1C(=O)NCc1ccccc1. The van der Waals surface area contributed by atoms with E-state index in [-0.39, 0.29) is 35.5 Å². The minimum absolute atomic E-state index is 0.0667. The number of amides is 4. The Kier molecular flexibility index (Phi) is 10.6. The molecule has 1 aliphatic rings. The lowest BCUT2D eigenvalue weighted by atomic mass is 9.80.